The topological polar surface area (TPSA) is 117 Å². The van der Waals surface area contributed by atoms with Crippen molar-refractivity contribution < 1.29 is 13.5 Å². The molecule has 0 unspecified atom stereocenters. The van der Waals surface area contributed by atoms with E-state index in [1.54, 1.807) is 19.1 Å². The van der Waals surface area contributed by atoms with E-state index in [-0.39, 0.29) is 26.7 Å². The lowest BCUT2D eigenvalue weighted by atomic mass is 10.2. The third-order valence-corrected chi connectivity index (χ3v) is 6.02. The Morgan fingerprint density at radius 2 is 1.88 bits per heavy atom. The maximum absolute atomic E-state index is 13.1. The van der Waals surface area contributed by atoms with Gasteiger partial charge in [0.05, 0.1) is 15.8 Å². The molecule has 0 aliphatic carbocycles. The van der Waals surface area contributed by atoms with Crippen LogP contribution in [0.2, 0.25) is 0 Å². The highest BCUT2D eigenvalue weighted by Crippen LogP contribution is 2.26. The predicted octanol–water partition coefficient (Wildman–Crippen LogP) is 1.73. The molecule has 0 aliphatic rings. The van der Waals surface area contributed by atoms with E-state index in [1.807, 2.05) is 6.92 Å². The second kappa shape index (κ2) is 5.40. The lowest BCUT2D eigenvalue weighted by Gasteiger charge is -2.07. The SMILES string of the molecule is Cc1ccc(S(=O)(=O)c2nnn3c2[nH]c(=O)c2cc(O)ccc23)c(C)c1. The first-order chi connectivity index (χ1) is 12.3. The summed E-state index contributed by atoms with van der Waals surface area (Å²) >= 11 is 0. The zero-order valence-corrected chi connectivity index (χ0v) is 14.7. The number of hydrogen-bond acceptors (Lipinski definition) is 6. The number of fused-ring (bicyclic) bond motifs is 3. The number of nitrogens with one attached hydrogen (secondary N) is 1. The van der Waals surface area contributed by atoms with E-state index >= 15 is 0 Å². The minimum atomic E-state index is -3.98. The fourth-order valence-corrected chi connectivity index (χ4v) is 4.47. The Kier molecular flexibility index (Phi) is 3.38. The number of sulfone groups is 1. The first-order valence-corrected chi connectivity index (χ1v) is 9.20. The van der Waals surface area contributed by atoms with Gasteiger partial charge in [0, 0.05) is 0 Å². The van der Waals surface area contributed by atoms with Gasteiger partial charge in [-0.1, -0.05) is 22.9 Å². The van der Waals surface area contributed by atoms with Crippen molar-refractivity contribution in [3.8, 4) is 5.75 Å². The fraction of sp³-hybridized carbons (Fsp3) is 0.118. The number of aryl methyl sites for hydroxylation is 2. The lowest BCUT2D eigenvalue weighted by molar-refractivity contribution is 0.476. The molecule has 2 aromatic heterocycles. The molecule has 2 heterocycles. The Morgan fingerprint density at radius 1 is 1.12 bits per heavy atom. The number of nitrogens with zero attached hydrogens (tertiary/aromatic N) is 3. The maximum Gasteiger partial charge on any atom is 0.259 e. The number of benzene rings is 2. The number of phenols is 1. The summed E-state index contributed by atoms with van der Waals surface area (Å²) in [5, 5.41) is 17.1. The number of aromatic hydroxyl groups is 1. The second-order valence-corrected chi connectivity index (χ2v) is 7.92. The Morgan fingerprint density at radius 3 is 2.62 bits per heavy atom. The van der Waals surface area contributed by atoms with E-state index < -0.39 is 15.4 Å². The number of rotatable bonds is 2. The third-order valence-electron chi connectivity index (χ3n) is 4.20. The van der Waals surface area contributed by atoms with Crippen LogP contribution in [-0.4, -0.2) is 33.3 Å². The van der Waals surface area contributed by atoms with Crippen LogP contribution >= 0.6 is 0 Å². The molecule has 4 aromatic rings. The zero-order chi connectivity index (χ0) is 18.6. The number of aromatic amines is 1. The Labute approximate surface area is 147 Å². The van der Waals surface area contributed by atoms with Crippen LogP contribution in [0.25, 0.3) is 16.6 Å². The molecule has 0 amide bonds. The van der Waals surface area contributed by atoms with Crippen molar-refractivity contribution in [2.24, 2.45) is 0 Å². The monoisotopic (exact) mass is 370 g/mol. The van der Waals surface area contributed by atoms with E-state index in [0.717, 1.165) is 5.56 Å². The number of phenolic OH excluding ortho intramolecular Hbond substituents is 1. The lowest BCUT2D eigenvalue weighted by Crippen LogP contribution is -2.12. The van der Waals surface area contributed by atoms with E-state index in [0.29, 0.717) is 11.1 Å². The van der Waals surface area contributed by atoms with Gasteiger partial charge in [-0.15, -0.1) is 5.10 Å². The summed E-state index contributed by atoms with van der Waals surface area (Å²) in [5.41, 5.74) is 1.31. The van der Waals surface area contributed by atoms with Crippen molar-refractivity contribution in [2.75, 3.05) is 0 Å². The van der Waals surface area contributed by atoms with Gasteiger partial charge in [-0.05, 0) is 43.7 Å². The van der Waals surface area contributed by atoms with Crippen molar-refractivity contribution in [1.29, 1.82) is 0 Å². The van der Waals surface area contributed by atoms with Gasteiger partial charge in [-0.2, -0.15) is 4.52 Å². The highest BCUT2D eigenvalue weighted by molar-refractivity contribution is 7.91. The molecular formula is C17H14N4O4S. The second-order valence-electron chi connectivity index (χ2n) is 6.08. The van der Waals surface area contributed by atoms with Crippen LogP contribution in [-0.2, 0) is 9.84 Å². The standard InChI is InChI=1S/C17H14N4O4S/c1-9-3-6-14(10(2)7-9)26(24,25)17-15-18-16(23)12-8-11(22)4-5-13(12)21(15)20-19-17/h3-8,22H,1-2H3,(H,18,23). The van der Waals surface area contributed by atoms with Gasteiger partial charge in [-0.3, -0.25) is 4.79 Å². The van der Waals surface area contributed by atoms with Crippen LogP contribution < -0.4 is 5.56 Å². The minimum Gasteiger partial charge on any atom is -0.508 e. The Balaban J connectivity index is 2.05. The molecular weight excluding hydrogens is 356 g/mol. The van der Waals surface area contributed by atoms with Crippen molar-refractivity contribution in [2.45, 2.75) is 23.8 Å². The van der Waals surface area contributed by atoms with Crippen LogP contribution in [0.15, 0.2) is 51.1 Å². The molecule has 0 spiro atoms. The quantitative estimate of drug-likeness (QED) is 0.555. The molecule has 0 fully saturated rings. The summed E-state index contributed by atoms with van der Waals surface area (Å²) in [6.45, 7) is 3.57. The average molecular weight is 370 g/mol. The first kappa shape index (κ1) is 16.3. The van der Waals surface area contributed by atoms with Crippen LogP contribution in [0.1, 0.15) is 11.1 Å². The van der Waals surface area contributed by atoms with Crippen LogP contribution in [0.3, 0.4) is 0 Å². The predicted molar refractivity (Wildman–Crippen MR) is 94.1 cm³/mol. The largest absolute Gasteiger partial charge is 0.508 e. The molecule has 0 atom stereocenters. The van der Waals surface area contributed by atoms with Crippen molar-refractivity contribution >= 4 is 26.4 Å². The van der Waals surface area contributed by atoms with Gasteiger partial charge in [0.15, 0.2) is 5.65 Å². The van der Waals surface area contributed by atoms with Crippen LogP contribution in [0.4, 0.5) is 0 Å². The van der Waals surface area contributed by atoms with E-state index in [2.05, 4.69) is 15.3 Å². The minimum absolute atomic E-state index is 0.0202. The smallest absolute Gasteiger partial charge is 0.259 e. The number of aromatic nitrogens is 4. The molecule has 4 rings (SSSR count). The molecule has 9 heteroatoms. The Bertz CT molecular complexity index is 1350. The fourth-order valence-electron chi connectivity index (χ4n) is 2.99. The normalized spacial score (nSPS) is 12.1. The van der Waals surface area contributed by atoms with E-state index in [1.165, 1.54) is 28.8 Å². The summed E-state index contributed by atoms with van der Waals surface area (Å²) in [4.78, 5) is 15.0. The van der Waals surface area contributed by atoms with E-state index in [4.69, 9.17) is 0 Å². The average Bonchev–Trinajstić information content (AvgIpc) is 2.99. The van der Waals surface area contributed by atoms with Gasteiger partial charge in [0.25, 0.3) is 5.56 Å². The summed E-state index contributed by atoms with van der Waals surface area (Å²) in [6, 6.07) is 9.14. The van der Waals surface area contributed by atoms with Gasteiger partial charge < -0.3 is 10.1 Å². The highest BCUT2D eigenvalue weighted by atomic mass is 32.2. The molecule has 2 N–H and O–H groups in total. The summed E-state index contributed by atoms with van der Waals surface area (Å²) < 4.78 is 27.4. The van der Waals surface area contributed by atoms with Crippen LogP contribution in [0, 0.1) is 13.8 Å². The molecule has 2 aromatic carbocycles. The molecule has 0 bridgehead atoms. The van der Waals surface area contributed by atoms with Gasteiger partial charge in [0.1, 0.15) is 5.75 Å². The van der Waals surface area contributed by atoms with Crippen molar-refractivity contribution in [1.82, 2.24) is 19.8 Å². The van der Waals surface area contributed by atoms with E-state index in [9.17, 15) is 18.3 Å². The molecule has 0 radical (unpaired) electrons. The summed E-state index contributed by atoms with van der Waals surface area (Å²) in [5.74, 6) is -0.0782. The van der Waals surface area contributed by atoms with Crippen molar-refractivity contribution in [3.63, 3.8) is 0 Å². The molecule has 26 heavy (non-hydrogen) atoms. The number of hydrogen-bond donors (Lipinski definition) is 2. The molecule has 0 aliphatic heterocycles. The summed E-state index contributed by atoms with van der Waals surface area (Å²) in [6.07, 6.45) is 0. The third kappa shape index (κ3) is 2.28. The number of H-pyrrole nitrogens is 1. The summed E-state index contributed by atoms with van der Waals surface area (Å²) in [7, 11) is -3.98. The zero-order valence-electron chi connectivity index (χ0n) is 13.9. The Hall–Kier alpha value is -3.20. The van der Waals surface area contributed by atoms with Gasteiger partial charge in [0.2, 0.25) is 14.9 Å². The highest BCUT2D eigenvalue weighted by Gasteiger charge is 2.27. The first-order valence-electron chi connectivity index (χ1n) is 7.72. The maximum atomic E-state index is 13.1. The molecule has 132 valence electrons. The molecule has 8 nitrogen and oxygen atoms in total. The van der Waals surface area contributed by atoms with Gasteiger partial charge in [-0.25, -0.2) is 8.42 Å². The van der Waals surface area contributed by atoms with Crippen LogP contribution in [0.5, 0.6) is 5.75 Å². The van der Waals surface area contributed by atoms with Crippen molar-refractivity contribution in [3.05, 3.63) is 57.9 Å². The van der Waals surface area contributed by atoms with Gasteiger partial charge >= 0.3 is 0 Å². The molecule has 0 saturated heterocycles. The molecule has 0 saturated carbocycles.